The molecule has 0 unspecified atom stereocenters. The quantitative estimate of drug-likeness (QED) is 0.527. The number of likely N-dealkylation sites (N-methyl/N-ethyl adjacent to an activating group) is 1. The van der Waals surface area contributed by atoms with Gasteiger partial charge in [-0.25, -0.2) is 0 Å². The first-order chi connectivity index (χ1) is 15.4. The largest absolute Gasteiger partial charge is 0.309 e. The van der Waals surface area contributed by atoms with E-state index in [1.807, 2.05) is 30.3 Å². The highest BCUT2D eigenvalue weighted by molar-refractivity contribution is 6.12. The molecule has 1 aromatic rings. The Bertz CT molecular complexity index is 1020. The van der Waals surface area contributed by atoms with Gasteiger partial charge >= 0.3 is 0 Å². The molecule has 0 spiro atoms. The van der Waals surface area contributed by atoms with E-state index in [9.17, 15) is 33.6 Å². The lowest BCUT2D eigenvalue weighted by molar-refractivity contribution is -0.161. The Kier molecular flexibility index (Phi) is 7.95. The second kappa shape index (κ2) is 10.4. The van der Waals surface area contributed by atoms with Gasteiger partial charge in [-0.2, -0.15) is 0 Å². The van der Waals surface area contributed by atoms with Crippen molar-refractivity contribution >= 4 is 47.4 Å². The molecular weight excluding hydrogens is 432 g/mol. The molecule has 1 aromatic carbocycles. The van der Waals surface area contributed by atoms with Crippen molar-refractivity contribution in [3.05, 3.63) is 41.6 Å². The maximum Gasteiger partial charge on any atom is 0.277 e. The van der Waals surface area contributed by atoms with Gasteiger partial charge in [0.15, 0.2) is 0 Å². The number of rotatable bonds is 1. The van der Waals surface area contributed by atoms with Gasteiger partial charge in [0.25, 0.3) is 5.91 Å². The summed E-state index contributed by atoms with van der Waals surface area (Å²) in [6, 6.07) is 9.19. The maximum atomic E-state index is 12.2. The van der Waals surface area contributed by atoms with Gasteiger partial charge in [-0.15, -0.1) is 0 Å². The van der Waals surface area contributed by atoms with E-state index < -0.39 is 35.4 Å². The minimum Gasteiger partial charge on any atom is -0.309 e. The molecule has 2 saturated heterocycles. The van der Waals surface area contributed by atoms with Crippen molar-refractivity contribution in [3.63, 3.8) is 0 Å². The third-order valence-corrected chi connectivity index (χ3v) is 4.93. The van der Waals surface area contributed by atoms with Gasteiger partial charge in [-0.05, 0) is 11.6 Å². The Labute approximate surface area is 190 Å². The molecule has 11 heteroatoms. The summed E-state index contributed by atoms with van der Waals surface area (Å²) in [5.74, 6) is -3.15. The predicted molar refractivity (Wildman–Crippen MR) is 114 cm³/mol. The molecule has 11 nitrogen and oxygen atoms in total. The van der Waals surface area contributed by atoms with E-state index in [1.54, 1.807) is 6.08 Å². The predicted octanol–water partition coefficient (Wildman–Crippen LogP) is -0.375. The molecule has 3 rings (SSSR count). The summed E-state index contributed by atoms with van der Waals surface area (Å²) in [6.45, 7) is 2.80. The van der Waals surface area contributed by atoms with Gasteiger partial charge in [0, 0.05) is 27.8 Å². The van der Waals surface area contributed by atoms with Crippen LogP contribution in [-0.2, 0) is 33.6 Å². The highest BCUT2D eigenvalue weighted by Crippen LogP contribution is 2.18. The van der Waals surface area contributed by atoms with E-state index in [1.165, 1.54) is 32.7 Å². The number of benzene rings is 1. The zero-order valence-corrected chi connectivity index (χ0v) is 18.7. The molecule has 0 atom stereocenters. The fourth-order valence-corrected chi connectivity index (χ4v) is 3.04. The highest BCUT2D eigenvalue weighted by Gasteiger charge is 2.35. The molecule has 174 valence electrons. The molecule has 0 aromatic heterocycles. The molecule has 0 bridgehead atoms. The smallest absolute Gasteiger partial charge is 0.277 e. The lowest BCUT2D eigenvalue weighted by Crippen LogP contribution is -2.56. The lowest BCUT2D eigenvalue weighted by Gasteiger charge is -2.31. The van der Waals surface area contributed by atoms with Crippen LogP contribution in [0, 0.1) is 0 Å². The third kappa shape index (κ3) is 5.97. The van der Waals surface area contributed by atoms with Crippen molar-refractivity contribution in [1.29, 1.82) is 0 Å². The van der Waals surface area contributed by atoms with Gasteiger partial charge in [0.05, 0.1) is 0 Å². The number of imide groups is 3. The summed E-state index contributed by atoms with van der Waals surface area (Å²) < 4.78 is 0. The SMILES string of the molecule is CC(=O)N1CC(=O)N(C(C)=O)CC1=O.CC(=O)N1CC(=O)N(C)C(=Cc2ccccc2)C1=O. The molecule has 7 amide bonds. The van der Waals surface area contributed by atoms with Crippen LogP contribution in [-0.4, -0.2) is 87.6 Å². The molecule has 2 aliphatic rings. The van der Waals surface area contributed by atoms with Crippen LogP contribution in [0.5, 0.6) is 0 Å². The molecule has 2 fully saturated rings. The number of carbonyl (C=O) groups is 7. The van der Waals surface area contributed by atoms with Crippen LogP contribution in [0.25, 0.3) is 6.08 Å². The Morgan fingerprint density at radius 1 is 0.697 bits per heavy atom. The zero-order chi connectivity index (χ0) is 24.9. The topological polar surface area (TPSA) is 132 Å². The first-order valence-corrected chi connectivity index (χ1v) is 9.91. The molecule has 2 aliphatic heterocycles. The van der Waals surface area contributed by atoms with Gasteiger partial charge in [0.1, 0.15) is 25.3 Å². The lowest BCUT2D eigenvalue weighted by atomic mass is 10.1. The minimum absolute atomic E-state index is 0.198. The second-order valence-corrected chi connectivity index (χ2v) is 7.30. The van der Waals surface area contributed by atoms with Crippen molar-refractivity contribution in [2.75, 3.05) is 26.7 Å². The Hall–Kier alpha value is -4.15. The average Bonchev–Trinajstić information content (AvgIpc) is 2.75. The monoisotopic (exact) mass is 456 g/mol. The standard InChI is InChI=1S/C14H14N2O3.C8H10N2O4/c1-10(17)16-9-13(18)15(2)12(14(16)19)8-11-6-4-3-5-7-11;1-5(11)9-3-8(14)10(6(2)12)4-7(9)13/h3-8H,9H2,1-2H3;3-4H2,1-2H3. The second-order valence-electron chi connectivity index (χ2n) is 7.30. The van der Waals surface area contributed by atoms with Crippen molar-refractivity contribution in [3.8, 4) is 0 Å². The summed E-state index contributed by atoms with van der Waals surface area (Å²) in [5, 5.41) is 0. The fraction of sp³-hybridized carbons (Fsp3) is 0.318. The van der Waals surface area contributed by atoms with Crippen LogP contribution < -0.4 is 0 Å². The van der Waals surface area contributed by atoms with Gasteiger partial charge in [-0.3, -0.25) is 48.3 Å². The van der Waals surface area contributed by atoms with Crippen LogP contribution in [0.2, 0.25) is 0 Å². The molecule has 0 saturated carbocycles. The molecule has 0 aliphatic carbocycles. The minimum atomic E-state index is -0.521. The summed E-state index contributed by atoms with van der Waals surface area (Å²) in [5.41, 5.74) is 1.01. The fourth-order valence-electron chi connectivity index (χ4n) is 3.04. The van der Waals surface area contributed by atoms with Crippen LogP contribution >= 0.6 is 0 Å². The molecule has 33 heavy (non-hydrogen) atoms. The Morgan fingerprint density at radius 3 is 1.55 bits per heavy atom. The van der Waals surface area contributed by atoms with Crippen molar-refractivity contribution < 1.29 is 33.6 Å². The van der Waals surface area contributed by atoms with Crippen LogP contribution in [0.1, 0.15) is 26.3 Å². The molecule has 0 N–H and O–H groups in total. The highest BCUT2D eigenvalue weighted by atomic mass is 16.2. The molecule has 2 heterocycles. The normalized spacial score (nSPS) is 17.8. The number of hydrogen-bond acceptors (Lipinski definition) is 7. The van der Waals surface area contributed by atoms with Crippen LogP contribution in [0.3, 0.4) is 0 Å². The number of nitrogens with zero attached hydrogens (tertiary/aromatic N) is 4. The average molecular weight is 456 g/mol. The van der Waals surface area contributed by atoms with E-state index in [0.29, 0.717) is 0 Å². The summed E-state index contributed by atoms with van der Waals surface area (Å²) >= 11 is 0. The number of piperazine rings is 2. The van der Waals surface area contributed by atoms with E-state index in [4.69, 9.17) is 0 Å². The van der Waals surface area contributed by atoms with E-state index in [0.717, 1.165) is 20.3 Å². The molecule has 0 radical (unpaired) electrons. The van der Waals surface area contributed by atoms with Crippen molar-refractivity contribution in [2.24, 2.45) is 0 Å². The third-order valence-electron chi connectivity index (χ3n) is 4.93. The van der Waals surface area contributed by atoms with Crippen LogP contribution in [0.4, 0.5) is 0 Å². The van der Waals surface area contributed by atoms with Gasteiger partial charge in [-0.1, -0.05) is 30.3 Å². The summed E-state index contributed by atoms with van der Waals surface area (Å²) in [7, 11) is 1.53. The number of amides is 7. The summed E-state index contributed by atoms with van der Waals surface area (Å²) in [6.07, 6.45) is 1.61. The van der Waals surface area contributed by atoms with Crippen molar-refractivity contribution in [2.45, 2.75) is 20.8 Å². The first-order valence-electron chi connectivity index (χ1n) is 9.91. The summed E-state index contributed by atoms with van der Waals surface area (Å²) in [4.78, 5) is 83.5. The number of hydrogen-bond donors (Lipinski definition) is 0. The van der Waals surface area contributed by atoms with E-state index in [-0.39, 0.29) is 31.2 Å². The van der Waals surface area contributed by atoms with E-state index in [2.05, 4.69) is 0 Å². The van der Waals surface area contributed by atoms with E-state index >= 15 is 0 Å². The van der Waals surface area contributed by atoms with Crippen LogP contribution in [0.15, 0.2) is 36.0 Å². The Morgan fingerprint density at radius 2 is 1.12 bits per heavy atom. The van der Waals surface area contributed by atoms with Gasteiger partial charge in [0.2, 0.25) is 35.4 Å². The maximum absolute atomic E-state index is 12.2. The Balaban J connectivity index is 0.000000245. The molecular formula is C22H24N4O7. The number of carbonyl (C=O) groups excluding carboxylic acids is 7. The van der Waals surface area contributed by atoms with Crippen molar-refractivity contribution in [1.82, 2.24) is 19.6 Å². The zero-order valence-electron chi connectivity index (χ0n) is 18.7. The van der Waals surface area contributed by atoms with Gasteiger partial charge < -0.3 is 4.90 Å². The first kappa shape index (κ1) is 25.1.